The molecular formula is C11H10F2N2O. The Morgan fingerprint density at radius 1 is 1.38 bits per heavy atom. The van der Waals surface area contributed by atoms with Crippen molar-refractivity contribution < 1.29 is 13.6 Å². The first-order valence-corrected chi connectivity index (χ1v) is 4.91. The highest BCUT2D eigenvalue weighted by Gasteiger charge is 2.15. The molecule has 2 rings (SSSR count). The number of alkyl halides is 2. The summed E-state index contributed by atoms with van der Waals surface area (Å²) in [5.41, 5.74) is 1.63. The van der Waals surface area contributed by atoms with E-state index in [1.807, 2.05) is 24.3 Å². The van der Waals surface area contributed by atoms with Crippen LogP contribution in [0, 0.1) is 0 Å². The third-order valence-electron chi connectivity index (χ3n) is 2.29. The number of aromatic amines is 1. The third-order valence-corrected chi connectivity index (χ3v) is 2.29. The molecule has 16 heavy (non-hydrogen) atoms. The number of ketones is 1. The van der Waals surface area contributed by atoms with Gasteiger partial charge in [0.2, 0.25) is 0 Å². The van der Waals surface area contributed by atoms with Crippen LogP contribution in [0.5, 0.6) is 0 Å². The number of aromatic nitrogens is 2. The number of aryl methyl sites for hydroxylation is 1. The van der Waals surface area contributed by atoms with Gasteiger partial charge in [0, 0.05) is 12.8 Å². The zero-order valence-electron chi connectivity index (χ0n) is 8.41. The molecule has 1 aromatic carbocycles. The number of carbonyl (C=O) groups is 1. The number of benzene rings is 1. The molecule has 0 saturated heterocycles. The van der Waals surface area contributed by atoms with E-state index in [4.69, 9.17) is 0 Å². The second kappa shape index (κ2) is 4.38. The Bertz CT molecular complexity index is 474. The highest BCUT2D eigenvalue weighted by Crippen LogP contribution is 2.12. The molecule has 0 atom stereocenters. The van der Waals surface area contributed by atoms with E-state index in [1.165, 1.54) is 0 Å². The van der Waals surface area contributed by atoms with Gasteiger partial charge in [-0.25, -0.2) is 13.8 Å². The van der Waals surface area contributed by atoms with Gasteiger partial charge in [-0.05, 0) is 12.1 Å². The van der Waals surface area contributed by atoms with E-state index in [1.54, 1.807) is 0 Å². The quantitative estimate of drug-likeness (QED) is 0.866. The van der Waals surface area contributed by atoms with E-state index in [0.29, 0.717) is 5.82 Å². The van der Waals surface area contributed by atoms with Crippen molar-refractivity contribution in [3.8, 4) is 0 Å². The van der Waals surface area contributed by atoms with Crippen LogP contribution in [0.25, 0.3) is 11.0 Å². The molecule has 0 unspecified atom stereocenters. The summed E-state index contributed by atoms with van der Waals surface area (Å²) in [5.74, 6) is -0.476. The molecule has 3 nitrogen and oxygen atoms in total. The largest absolute Gasteiger partial charge is 0.342 e. The molecule has 2 aromatic rings. The summed E-state index contributed by atoms with van der Waals surface area (Å²) in [6, 6.07) is 7.37. The van der Waals surface area contributed by atoms with Gasteiger partial charge in [0.1, 0.15) is 5.82 Å². The fraction of sp³-hybridized carbons (Fsp3) is 0.273. The van der Waals surface area contributed by atoms with Crippen LogP contribution < -0.4 is 0 Å². The molecule has 0 aliphatic heterocycles. The number of nitrogens with one attached hydrogen (secondary N) is 1. The topological polar surface area (TPSA) is 45.8 Å². The first kappa shape index (κ1) is 10.7. The number of hydrogen-bond donors (Lipinski definition) is 1. The minimum absolute atomic E-state index is 0.183. The number of Topliss-reactive ketones (excluding diaryl/α,β-unsaturated/α-hetero) is 1. The lowest BCUT2D eigenvalue weighted by molar-refractivity contribution is -0.129. The Morgan fingerprint density at radius 3 is 2.81 bits per heavy atom. The number of halogens is 2. The molecule has 1 N–H and O–H groups in total. The molecule has 1 aromatic heterocycles. The maximum absolute atomic E-state index is 12.0. The number of hydrogen-bond acceptors (Lipinski definition) is 2. The fourth-order valence-electron chi connectivity index (χ4n) is 1.47. The van der Waals surface area contributed by atoms with Crippen LogP contribution in [0.4, 0.5) is 8.78 Å². The van der Waals surface area contributed by atoms with Crippen molar-refractivity contribution in [2.45, 2.75) is 19.3 Å². The lowest BCUT2D eigenvalue weighted by Crippen LogP contribution is -2.10. The number of imidazole rings is 1. The average molecular weight is 224 g/mol. The fourth-order valence-corrected chi connectivity index (χ4v) is 1.47. The predicted octanol–water partition coefficient (Wildman–Crippen LogP) is 2.33. The van der Waals surface area contributed by atoms with Gasteiger partial charge in [-0.3, -0.25) is 4.79 Å². The van der Waals surface area contributed by atoms with Crippen LogP contribution in [0.3, 0.4) is 0 Å². The molecule has 0 amide bonds. The van der Waals surface area contributed by atoms with E-state index in [9.17, 15) is 13.6 Å². The summed E-state index contributed by atoms with van der Waals surface area (Å²) in [6.45, 7) is 0. The monoisotopic (exact) mass is 224 g/mol. The number of H-pyrrole nitrogens is 1. The van der Waals surface area contributed by atoms with Gasteiger partial charge in [0.25, 0.3) is 6.43 Å². The minimum Gasteiger partial charge on any atom is -0.342 e. The molecule has 0 spiro atoms. The molecule has 5 heteroatoms. The van der Waals surface area contributed by atoms with Crippen LogP contribution in [-0.2, 0) is 11.2 Å². The number of para-hydroxylation sites is 2. The van der Waals surface area contributed by atoms with Gasteiger partial charge in [0.15, 0.2) is 5.78 Å². The van der Waals surface area contributed by atoms with Gasteiger partial charge in [-0.15, -0.1) is 0 Å². The lowest BCUT2D eigenvalue weighted by atomic mass is 10.2. The molecule has 84 valence electrons. The molecule has 0 radical (unpaired) electrons. The van der Waals surface area contributed by atoms with Crippen molar-refractivity contribution in [1.29, 1.82) is 0 Å². The van der Waals surface area contributed by atoms with Crippen molar-refractivity contribution in [2.24, 2.45) is 0 Å². The number of carbonyl (C=O) groups excluding carboxylic acids is 1. The van der Waals surface area contributed by atoms with E-state index < -0.39 is 12.2 Å². The van der Waals surface area contributed by atoms with Crippen LogP contribution in [0.15, 0.2) is 24.3 Å². The summed E-state index contributed by atoms with van der Waals surface area (Å²) in [7, 11) is 0. The van der Waals surface area contributed by atoms with Crippen molar-refractivity contribution in [3.63, 3.8) is 0 Å². The number of rotatable bonds is 4. The second-order valence-corrected chi connectivity index (χ2v) is 3.47. The zero-order valence-corrected chi connectivity index (χ0v) is 8.41. The number of nitrogens with zero attached hydrogens (tertiary/aromatic N) is 1. The lowest BCUT2D eigenvalue weighted by Gasteiger charge is -1.96. The van der Waals surface area contributed by atoms with Crippen molar-refractivity contribution >= 4 is 16.8 Å². The molecule has 0 aliphatic carbocycles. The van der Waals surface area contributed by atoms with Crippen LogP contribution in [0.1, 0.15) is 12.2 Å². The molecule has 0 bridgehead atoms. The number of fused-ring (bicyclic) bond motifs is 1. The van der Waals surface area contributed by atoms with Crippen molar-refractivity contribution in [3.05, 3.63) is 30.1 Å². The Labute approximate surface area is 90.5 Å². The Balaban J connectivity index is 2.07. The Kier molecular flexibility index (Phi) is 2.94. The highest BCUT2D eigenvalue weighted by molar-refractivity contribution is 5.81. The Morgan fingerprint density at radius 2 is 2.12 bits per heavy atom. The predicted molar refractivity (Wildman–Crippen MR) is 55.4 cm³/mol. The van der Waals surface area contributed by atoms with Crippen molar-refractivity contribution in [1.82, 2.24) is 9.97 Å². The molecular weight excluding hydrogens is 214 g/mol. The summed E-state index contributed by atoms with van der Waals surface area (Å²) in [4.78, 5) is 17.9. The third kappa shape index (κ3) is 2.24. The highest BCUT2D eigenvalue weighted by atomic mass is 19.3. The van der Waals surface area contributed by atoms with Gasteiger partial charge >= 0.3 is 0 Å². The SMILES string of the molecule is O=C(CCc1nc2ccccc2[nH]1)C(F)F. The summed E-state index contributed by atoms with van der Waals surface area (Å²) >= 11 is 0. The molecule has 0 aliphatic rings. The van der Waals surface area contributed by atoms with E-state index in [-0.39, 0.29) is 12.8 Å². The molecule has 1 heterocycles. The van der Waals surface area contributed by atoms with E-state index in [0.717, 1.165) is 11.0 Å². The van der Waals surface area contributed by atoms with Gasteiger partial charge < -0.3 is 4.98 Å². The maximum Gasteiger partial charge on any atom is 0.295 e. The smallest absolute Gasteiger partial charge is 0.295 e. The van der Waals surface area contributed by atoms with Crippen molar-refractivity contribution in [2.75, 3.05) is 0 Å². The van der Waals surface area contributed by atoms with E-state index >= 15 is 0 Å². The summed E-state index contributed by atoms with van der Waals surface area (Å²) < 4.78 is 23.9. The van der Waals surface area contributed by atoms with Gasteiger partial charge in [-0.1, -0.05) is 12.1 Å². The Hall–Kier alpha value is -1.78. The standard InChI is InChI=1S/C11H10F2N2O/c12-11(13)9(16)5-6-10-14-7-3-1-2-4-8(7)15-10/h1-4,11H,5-6H2,(H,14,15). The van der Waals surface area contributed by atoms with Crippen LogP contribution in [-0.4, -0.2) is 22.2 Å². The summed E-state index contributed by atoms with van der Waals surface area (Å²) in [5, 5.41) is 0. The summed E-state index contributed by atoms with van der Waals surface area (Å²) in [6.07, 6.45) is -2.85. The van der Waals surface area contributed by atoms with Crippen LogP contribution in [0.2, 0.25) is 0 Å². The van der Waals surface area contributed by atoms with E-state index in [2.05, 4.69) is 9.97 Å². The average Bonchev–Trinajstić information content (AvgIpc) is 2.68. The normalized spacial score (nSPS) is 11.2. The zero-order chi connectivity index (χ0) is 11.5. The minimum atomic E-state index is -2.88. The second-order valence-electron chi connectivity index (χ2n) is 3.47. The first-order chi connectivity index (χ1) is 7.66. The molecule has 0 saturated carbocycles. The van der Waals surface area contributed by atoms with Crippen LogP contribution >= 0.6 is 0 Å². The van der Waals surface area contributed by atoms with Gasteiger partial charge in [-0.2, -0.15) is 0 Å². The molecule has 0 fully saturated rings. The maximum atomic E-state index is 12.0. The first-order valence-electron chi connectivity index (χ1n) is 4.91. The van der Waals surface area contributed by atoms with Gasteiger partial charge in [0.05, 0.1) is 11.0 Å².